The number of benzene rings is 2. The zero-order chi connectivity index (χ0) is 22.1. The molecule has 1 aromatic heterocycles. The lowest BCUT2D eigenvalue weighted by molar-refractivity contribution is -0.130. The monoisotopic (exact) mass is 546 g/mol. The van der Waals surface area contributed by atoms with Crippen LogP contribution in [0.1, 0.15) is 18.3 Å². The zero-order valence-corrected chi connectivity index (χ0v) is 21.1. The Morgan fingerprint density at radius 2 is 1.72 bits per heavy atom. The maximum Gasteiger partial charge on any atom is 0.242 e. The van der Waals surface area contributed by atoms with Gasteiger partial charge in [0.1, 0.15) is 5.82 Å². The van der Waals surface area contributed by atoms with Gasteiger partial charge in [-0.05, 0) is 18.1 Å². The molecule has 7 nitrogen and oxygen atoms in total. The molecule has 0 bridgehead atoms. The third-order valence-corrected chi connectivity index (χ3v) is 5.02. The molecule has 3 rings (SSSR count). The van der Waals surface area contributed by atoms with Gasteiger partial charge in [0.15, 0.2) is 5.96 Å². The lowest BCUT2D eigenvalue weighted by atomic mass is 10.2. The fraction of sp³-hybridized carbons (Fsp3) is 0.292. The highest BCUT2D eigenvalue weighted by molar-refractivity contribution is 14.0. The minimum Gasteiger partial charge on any atom is -0.347 e. The second-order valence-corrected chi connectivity index (χ2v) is 7.26. The number of aromatic nitrogens is 2. The van der Waals surface area contributed by atoms with Crippen LogP contribution in [0, 0.1) is 0 Å². The standard InChI is InChI=1S/C24H30N6O.HI/c1-4-30(17-19-11-7-5-8-12-19)23(31)16-27-24(25-2)29(3)18-22-26-15-21(28-22)20-13-9-6-10-14-20;/h5-15H,4,16-18H2,1-3H3,(H,25,27)(H,26,28);1H. The number of carbonyl (C=O) groups is 1. The maximum atomic E-state index is 12.7. The Hall–Kier alpha value is -2.88. The van der Waals surface area contributed by atoms with Crippen LogP contribution in [0.2, 0.25) is 0 Å². The molecule has 0 spiro atoms. The maximum absolute atomic E-state index is 12.7. The first-order valence-electron chi connectivity index (χ1n) is 10.4. The summed E-state index contributed by atoms with van der Waals surface area (Å²) in [7, 11) is 3.63. The van der Waals surface area contributed by atoms with Crippen LogP contribution in [-0.2, 0) is 17.9 Å². The molecule has 0 unspecified atom stereocenters. The highest BCUT2D eigenvalue weighted by atomic mass is 127. The van der Waals surface area contributed by atoms with Crippen molar-refractivity contribution >= 4 is 35.8 Å². The summed E-state index contributed by atoms with van der Waals surface area (Å²) in [5.74, 6) is 1.50. The Morgan fingerprint density at radius 1 is 1.06 bits per heavy atom. The number of hydrogen-bond donors (Lipinski definition) is 2. The van der Waals surface area contributed by atoms with Crippen LogP contribution in [0.3, 0.4) is 0 Å². The first kappa shape index (κ1) is 25.4. The molecule has 2 N–H and O–H groups in total. The number of nitrogens with zero attached hydrogens (tertiary/aromatic N) is 4. The van der Waals surface area contributed by atoms with Crippen molar-refractivity contribution in [3.8, 4) is 11.3 Å². The van der Waals surface area contributed by atoms with Gasteiger partial charge in [0, 0.05) is 27.2 Å². The molecule has 1 amide bonds. The average molecular weight is 546 g/mol. The number of aliphatic imine (C=N–C) groups is 1. The summed E-state index contributed by atoms with van der Waals surface area (Å²) in [6, 6.07) is 20.1. The number of likely N-dealkylation sites (N-methyl/N-ethyl adjacent to an activating group) is 1. The molecule has 0 radical (unpaired) electrons. The molecule has 0 atom stereocenters. The van der Waals surface area contributed by atoms with Crippen LogP contribution in [0.25, 0.3) is 11.3 Å². The van der Waals surface area contributed by atoms with Gasteiger partial charge in [0.25, 0.3) is 0 Å². The molecule has 0 aliphatic carbocycles. The normalized spacial score (nSPS) is 10.9. The third kappa shape index (κ3) is 7.08. The van der Waals surface area contributed by atoms with Crippen molar-refractivity contribution in [2.45, 2.75) is 20.0 Å². The molecule has 8 heteroatoms. The van der Waals surface area contributed by atoms with Crippen molar-refractivity contribution in [2.75, 3.05) is 27.2 Å². The fourth-order valence-corrected chi connectivity index (χ4v) is 3.34. The Kier molecular flexibility index (Phi) is 10.2. The highest BCUT2D eigenvalue weighted by Crippen LogP contribution is 2.16. The van der Waals surface area contributed by atoms with E-state index < -0.39 is 0 Å². The predicted octanol–water partition coefficient (Wildman–Crippen LogP) is 3.75. The predicted molar refractivity (Wildman–Crippen MR) is 140 cm³/mol. The number of rotatable bonds is 8. The minimum absolute atomic E-state index is 0. The number of aromatic amines is 1. The van der Waals surface area contributed by atoms with Crippen LogP contribution >= 0.6 is 24.0 Å². The number of guanidine groups is 1. The molecule has 32 heavy (non-hydrogen) atoms. The van der Waals surface area contributed by atoms with E-state index in [-0.39, 0.29) is 36.4 Å². The lowest BCUT2D eigenvalue weighted by Crippen LogP contribution is -2.45. The molecule has 0 aliphatic rings. The van der Waals surface area contributed by atoms with Gasteiger partial charge >= 0.3 is 0 Å². The quantitative estimate of drug-likeness (QED) is 0.257. The highest BCUT2D eigenvalue weighted by Gasteiger charge is 2.15. The third-order valence-electron chi connectivity index (χ3n) is 5.02. The van der Waals surface area contributed by atoms with E-state index in [2.05, 4.69) is 20.3 Å². The van der Waals surface area contributed by atoms with E-state index in [0.717, 1.165) is 22.6 Å². The molecule has 170 valence electrons. The van der Waals surface area contributed by atoms with Crippen LogP contribution in [0.4, 0.5) is 0 Å². The zero-order valence-electron chi connectivity index (χ0n) is 18.8. The Bertz CT molecular complexity index is 990. The first-order valence-corrected chi connectivity index (χ1v) is 10.4. The van der Waals surface area contributed by atoms with Gasteiger partial charge in [-0.25, -0.2) is 4.98 Å². The molecular formula is C24H31IN6O. The number of amides is 1. The minimum atomic E-state index is 0. The summed E-state index contributed by atoms with van der Waals surface area (Å²) in [5.41, 5.74) is 3.18. The molecule has 0 fully saturated rings. The molecule has 1 heterocycles. The SMILES string of the molecule is CCN(Cc1ccccc1)C(=O)CNC(=NC)N(C)Cc1ncc(-c2ccccc2)[nH]1.I. The van der Waals surface area contributed by atoms with Gasteiger partial charge in [-0.3, -0.25) is 9.79 Å². The summed E-state index contributed by atoms with van der Waals surface area (Å²) >= 11 is 0. The number of halogens is 1. The van der Waals surface area contributed by atoms with Gasteiger partial charge in [0.05, 0.1) is 25.0 Å². The molecule has 3 aromatic rings. The van der Waals surface area contributed by atoms with Gasteiger partial charge in [-0.2, -0.15) is 0 Å². The van der Waals surface area contributed by atoms with E-state index >= 15 is 0 Å². The van der Waals surface area contributed by atoms with E-state index in [1.54, 1.807) is 7.05 Å². The van der Waals surface area contributed by atoms with Gasteiger partial charge in [0.2, 0.25) is 5.91 Å². The number of nitrogens with one attached hydrogen (secondary N) is 2. The molecule has 0 saturated heterocycles. The van der Waals surface area contributed by atoms with E-state index in [1.165, 1.54) is 0 Å². The summed E-state index contributed by atoms with van der Waals surface area (Å²) in [6.45, 7) is 3.97. The van der Waals surface area contributed by atoms with Crippen molar-refractivity contribution in [1.82, 2.24) is 25.1 Å². The Morgan fingerprint density at radius 3 is 2.34 bits per heavy atom. The molecule has 0 aliphatic heterocycles. The van der Waals surface area contributed by atoms with Crippen LogP contribution in [0.5, 0.6) is 0 Å². The van der Waals surface area contributed by atoms with Crippen molar-refractivity contribution in [3.05, 3.63) is 78.2 Å². The molecule has 0 saturated carbocycles. The van der Waals surface area contributed by atoms with Crippen LogP contribution in [0.15, 0.2) is 71.9 Å². The fourth-order valence-electron chi connectivity index (χ4n) is 3.34. The lowest BCUT2D eigenvalue weighted by Gasteiger charge is -2.24. The van der Waals surface area contributed by atoms with Crippen LogP contribution in [-0.4, -0.2) is 58.8 Å². The molecule has 2 aromatic carbocycles. The number of hydrogen-bond acceptors (Lipinski definition) is 3. The molecular weight excluding hydrogens is 515 g/mol. The van der Waals surface area contributed by atoms with Crippen molar-refractivity contribution < 1.29 is 4.79 Å². The van der Waals surface area contributed by atoms with Gasteiger partial charge in [-0.1, -0.05) is 60.7 Å². The summed E-state index contributed by atoms with van der Waals surface area (Å²) in [5, 5.41) is 3.17. The first-order chi connectivity index (χ1) is 15.1. The van der Waals surface area contributed by atoms with E-state index in [1.807, 2.05) is 90.6 Å². The number of imidazole rings is 1. The second-order valence-electron chi connectivity index (χ2n) is 7.26. The Balaban J connectivity index is 0.00000363. The summed E-state index contributed by atoms with van der Waals surface area (Å²) < 4.78 is 0. The second kappa shape index (κ2) is 12.8. The van der Waals surface area contributed by atoms with E-state index in [4.69, 9.17) is 0 Å². The largest absolute Gasteiger partial charge is 0.347 e. The van der Waals surface area contributed by atoms with Crippen molar-refractivity contribution in [1.29, 1.82) is 0 Å². The van der Waals surface area contributed by atoms with Crippen LogP contribution < -0.4 is 5.32 Å². The summed E-state index contributed by atoms with van der Waals surface area (Å²) in [4.78, 5) is 28.6. The summed E-state index contributed by atoms with van der Waals surface area (Å²) in [6.07, 6.45) is 1.83. The van der Waals surface area contributed by atoms with Crippen molar-refractivity contribution in [2.24, 2.45) is 4.99 Å². The van der Waals surface area contributed by atoms with Crippen molar-refractivity contribution in [3.63, 3.8) is 0 Å². The number of H-pyrrole nitrogens is 1. The smallest absolute Gasteiger partial charge is 0.242 e. The van der Waals surface area contributed by atoms with Gasteiger partial charge in [-0.15, -0.1) is 24.0 Å². The van der Waals surface area contributed by atoms with Gasteiger partial charge < -0.3 is 20.1 Å². The number of carbonyl (C=O) groups excluding carboxylic acids is 1. The topological polar surface area (TPSA) is 76.6 Å². The van der Waals surface area contributed by atoms with E-state index in [9.17, 15) is 4.79 Å². The van der Waals surface area contributed by atoms with E-state index in [0.29, 0.717) is 25.6 Å². The Labute approximate surface area is 207 Å². The average Bonchev–Trinajstić information content (AvgIpc) is 3.27.